The molecule has 1 aliphatic rings. The molecule has 5 nitrogen and oxygen atoms in total. The van der Waals surface area contributed by atoms with Gasteiger partial charge in [-0.3, -0.25) is 4.79 Å². The van der Waals surface area contributed by atoms with E-state index in [1.807, 2.05) is 43.3 Å². The number of hydrogen-bond acceptors (Lipinski definition) is 4. The summed E-state index contributed by atoms with van der Waals surface area (Å²) in [4.78, 5) is 12.8. The molecule has 126 valence electrons. The summed E-state index contributed by atoms with van der Waals surface area (Å²) in [5.74, 6) is 0. The van der Waals surface area contributed by atoms with E-state index in [2.05, 4.69) is 5.32 Å². The molecule has 5 heteroatoms. The van der Waals surface area contributed by atoms with Gasteiger partial charge in [0.15, 0.2) is 0 Å². The minimum atomic E-state index is -0.122. The highest BCUT2D eigenvalue weighted by Crippen LogP contribution is 2.18. The molecule has 0 spiro atoms. The van der Waals surface area contributed by atoms with Crippen molar-refractivity contribution in [2.45, 2.75) is 32.4 Å². The zero-order valence-corrected chi connectivity index (χ0v) is 13.9. The molecule has 0 atom stereocenters. The number of hydrogen-bond donors (Lipinski definition) is 2. The molecule has 24 heavy (non-hydrogen) atoms. The number of aromatic nitrogens is 1. The van der Waals surface area contributed by atoms with Crippen LogP contribution in [0.2, 0.25) is 0 Å². The second kappa shape index (κ2) is 7.45. The van der Waals surface area contributed by atoms with Crippen LogP contribution in [0.5, 0.6) is 0 Å². The molecular formula is C19H23N3O2. The van der Waals surface area contributed by atoms with E-state index >= 15 is 0 Å². The topological polar surface area (TPSA) is 67.1 Å². The Morgan fingerprint density at radius 1 is 1.29 bits per heavy atom. The largest absolute Gasteiger partial charge is 0.381 e. The summed E-state index contributed by atoms with van der Waals surface area (Å²) in [7, 11) is 0. The molecule has 1 aliphatic heterocycles. The summed E-state index contributed by atoms with van der Waals surface area (Å²) >= 11 is 0. The van der Waals surface area contributed by atoms with Crippen LogP contribution in [0.4, 0.5) is 5.69 Å². The number of rotatable bonds is 5. The van der Waals surface area contributed by atoms with Crippen LogP contribution in [-0.4, -0.2) is 30.0 Å². The van der Waals surface area contributed by atoms with E-state index in [0.29, 0.717) is 18.2 Å². The number of ether oxygens (including phenoxy) is 1. The minimum absolute atomic E-state index is 0.122. The van der Waals surface area contributed by atoms with Crippen LogP contribution in [0.1, 0.15) is 29.7 Å². The average molecular weight is 325 g/mol. The third kappa shape index (κ3) is 3.57. The van der Waals surface area contributed by atoms with Crippen molar-refractivity contribution in [3.8, 4) is 0 Å². The lowest BCUT2D eigenvalue weighted by Gasteiger charge is -2.25. The predicted molar refractivity (Wildman–Crippen MR) is 96.3 cm³/mol. The Balaban J connectivity index is 1.92. The molecule has 0 radical (unpaired) electrons. The first kappa shape index (κ1) is 16.5. The summed E-state index contributed by atoms with van der Waals surface area (Å²) in [6, 6.07) is 12.2. The highest BCUT2D eigenvalue weighted by atomic mass is 16.5. The number of aryl methyl sites for hydroxylation is 1. The van der Waals surface area contributed by atoms with Gasteiger partial charge in [0.2, 0.25) is 0 Å². The number of nitrogens with one attached hydrogen (secondary N) is 2. The van der Waals surface area contributed by atoms with Crippen molar-refractivity contribution in [1.29, 1.82) is 5.41 Å². The normalized spacial score (nSPS) is 15.2. The van der Waals surface area contributed by atoms with E-state index < -0.39 is 0 Å². The maximum absolute atomic E-state index is 12.8. The van der Waals surface area contributed by atoms with E-state index in [9.17, 15) is 4.79 Å². The Bertz CT molecular complexity index is 762. The maximum atomic E-state index is 12.8. The Labute approximate surface area is 141 Å². The quantitative estimate of drug-likeness (QED) is 0.831. The first-order valence-corrected chi connectivity index (χ1v) is 8.32. The van der Waals surface area contributed by atoms with E-state index in [-0.39, 0.29) is 5.56 Å². The third-order valence-electron chi connectivity index (χ3n) is 4.45. The third-order valence-corrected chi connectivity index (χ3v) is 4.45. The summed E-state index contributed by atoms with van der Waals surface area (Å²) in [6.45, 7) is 3.93. The SMILES string of the molecule is Cc1cc(NC2CCOCC2)c(C=N)c(=O)n1Cc1ccccc1. The van der Waals surface area contributed by atoms with Gasteiger partial charge in [0.1, 0.15) is 0 Å². The zero-order chi connectivity index (χ0) is 16.9. The highest BCUT2D eigenvalue weighted by Gasteiger charge is 2.17. The molecule has 1 fully saturated rings. The molecule has 0 aliphatic carbocycles. The molecule has 0 unspecified atom stereocenters. The van der Waals surface area contributed by atoms with Crippen molar-refractivity contribution in [2.24, 2.45) is 0 Å². The first-order valence-electron chi connectivity index (χ1n) is 8.32. The summed E-state index contributed by atoms with van der Waals surface area (Å²) in [6.07, 6.45) is 3.00. The fourth-order valence-electron chi connectivity index (χ4n) is 3.07. The first-order chi connectivity index (χ1) is 11.7. The highest BCUT2D eigenvalue weighted by molar-refractivity contribution is 5.85. The number of pyridine rings is 1. The molecule has 0 saturated carbocycles. The van der Waals surface area contributed by atoms with Gasteiger partial charge in [0.05, 0.1) is 17.8 Å². The van der Waals surface area contributed by atoms with Crippen LogP contribution in [-0.2, 0) is 11.3 Å². The Hall–Kier alpha value is -2.40. The van der Waals surface area contributed by atoms with Crippen molar-refractivity contribution in [2.75, 3.05) is 18.5 Å². The van der Waals surface area contributed by atoms with Crippen molar-refractivity contribution < 1.29 is 4.74 Å². The maximum Gasteiger partial charge on any atom is 0.261 e. The Morgan fingerprint density at radius 2 is 2.00 bits per heavy atom. The molecule has 2 N–H and O–H groups in total. The van der Waals surface area contributed by atoms with Gasteiger partial charge in [-0.1, -0.05) is 30.3 Å². The molecule has 0 amide bonds. The monoisotopic (exact) mass is 325 g/mol. The summed E-state index contributed by atoms with van der Waals surface area (Å²) < 4.78 is 7.10. The zero-order valence-electron chi connectivity index (χ0n) is 13.9. The van der Waals surface area contributed by atoms with Gasteiger partial charge in [-0.15, -0.1) is 0 Å². The standard InChI is InChI=1S/C19H23N3O2/c1-14-11-18(21-16-7-9-24-10-8-16)17(12-20)19(23)22(14)13-15-5-3-2-4-6-15/h2-6,11-12,16,20-21H,7-10,13H2,1H3. The Morgan fingerprint density at radius 3 is 2.67 bits per heavy atom. The van der Waals surface area contributed by atoms with E-state index in [0.717, 1.165) is 49.2 Å². The van der Waals surface area contributed by atoms with Crippen LogP contribution in [0, 0.1) is 12.3 Å². The lowest BCUT2D eigenvalue weighted by atomic mass is 10.1. The minimum Gasteiger partial charge on any atom is -0.381 e. The van der Waals surface area contributed by atoms with Crippen LogP contribution >= 0.6 is 0 Å². The van der Waals surface area contributed by atoms with Crippen molar-refractivity contribution in [3.05, 3.63) is 63.6 Å². The number of anilines is 1. The van der Waals surface area contributed by atoms with Crippen molar-refractivity contribution in [1.82, 2.24) is 4.57 Å². The Kier molecular flexibility index (Phi) is 5.11. The van der Waals surface area contributed by atoms with Gasteiger partial charge in [-0.25, -0.2) is 0 Å². The van der Waals surface area contributed by atoms with E-state index in [4.69, 9.17) is 10.1 Å². The lowest BCUT2D eigenvalue weighted by molar-refractivity contribution is 0.0904. The predicted octanol–water partition coefficient (Wildman–Crippen LogP) is 2.79. The van der Waals surface area contributed by atoms with Gasteiger partial charge >= 0.3 is 0 Å². The summed E-state index contributed by atoms with van der Waals surface area (Å²) in [5, 5.41) is 11.1. The molecule has 1 saturated heterocycles. The van der Waals surface area contributed by atoms with E-state index in [1.54, 1.807) is 4.57 Å². The molecule has 2 aromatic rings. The molecule has 1 aromatic heterocycles. The molecule has 0 bridgehead atoms. The van der Waals surface area contributed by atoms with Gasteiger partial charge in [0, 0.05) is 31.2 Å². The molecule has 3 rings (SSSR count). The smallest absolute Gasteiger partial charge is 0.261 e. The lowest BCUT2D eigenvalue weighted by Crippen LogP contribution is -2.32. The van der Waals surface area contributed by atoms with Gasteiger partial charge in [-0.05, 0) is 31.4 Å². The van der Waals surface area contributed by atoms with Crippen LogP contribution < -0.4 is 10.9 Å². The molecule has 1 aromatic carbocycles. The van der Waals surface area contributed by atoms with Crippen LogP contribution in [0.3, 0.4) is 0 Å². The van der Waals surface area contributed by atoms with Gasteiger partial charge in [0.25, 0.3) is 5.56 Å². The second-order valence-corrected chi connectivity index (χ2v) is 6.17. The molecule has 2 heterocycles. The van der Waals surface area contributed by atoms with Crippen LogP contribution in [0.15, 0.2) is 41.2 Å². The average Bonchev–Trinajstić information content (AvgIpc) is 2.61. The van der Waals surface area contributed by atoms with Gasteiger partial charge in [-0.2, -0.15) is 0 Å². The number of nitrogens with zero attached hydrogens (tertiary/aromatic N) is 1. The van der Waals surface area contributed by atoms with Crippen molar-refractivity contribution in [3.63, 3.8) is 0 Å². The van der Waals surface area contributed by atoms with Crippen LogP contribution in [0.25, 0.3) is 0 Å². The fourth-order valence-corrected chi connectivity index (χ4v) is 3.07. The number of benzene rings is 1. The van der Waals surface area contributed by atoms with Crippen molar-refractivity contribution >= 4 is 11.9 Å². The van der Waals surface area contributed by atoms with E-state index in [1.165, 1.54) is 0 Å². The fraction of sp³-hybridized carbons (Fsp3) is 0.368. The summed E-state index contributed by atoms with van der Waals surface area (Å²) in [5.41, 5.74) is 3.02. The molecular weight excluding hydrogens is 302 g/mol. The second-order valence-electron chi connectivity index (χ2n) is 6.17. The van der Waals surface area contributed by atoms with Gasteiger partial charge < -0.3 is 20.0 Å².